The molecule has 0 saturated carbocycles. The van der Waals surface area contributed by atoms with Crippen LogP contribution in [0.25, 0.3) is 17.1 Å². The number of aryl methyl sites for hydroxylation is 1. The molecule has 6 nitrogen and oxygen atoms in total. The maximum absolute atomic E-state index is 5.48. The Morgan fingerprint density at radius 3 is 2.89 bits per heavy atom. The summed E-state index contributed by atoms with van der Waals surface area (Å²) in [7, 11) is 0. The summed E-state index contributed by atoms with van der Waals surface area (Å²) in [5.74, 6) is 2.05. The number of piperidine rings is 1. The number of nitrogens with zero attached hydrogens (tertiary/aromatic N) is 5. The molecule has 0 spiro atoms. The first-order valence-corrected chi connectivity index (χ1v) is 9.79. The van der Waals surface area contributed by atoms with Crippen LogP contribution in [0.5, 0.6) is 0 Å². The molecule has 1 aliphatic rings. The molecule has 4 heterocycles. The van der Waals surface area contributed by atoms with Crippen molar-refractivity contribution in [2.24, 2.45) is 0 Å². The lowest BCUT2D eigenvalue weighted by Gasteiger charge is -2.33. The third kappa shape index (κ3) is 3.31. The zero-order valence-electron chi connectivity index (χ0n) is 16.0. The average molecular weight is 373 g/mol. The zero-order chi connectivity index (χ0) is 18.9. The van der Waals surface area contributed by atoms with Crippen molar-refractivity contribution >= 4 is 5.78 Å². The molecule has 1 atom stereocenters. The van der Waals surface area contributed by atoms with E-state index in [1.54, 1.807) is 12.6 Å². The maximum atomic E-state index is 5.48. The topological polar surface area (TPSA) is 59.5 Å². The Bertz CT molecular complexity index is 1070. The van der Waals surface area contributed by atoms with E-state index in [0.717, 1.165) is 36.7 Å². The molecule has 28 heavy (non-hydrogen) atoms. The van der Waals surface area contributed by atoms with Crippen molar-refractivity contribution in [3.8, 4) is 11.3 Å². The maximum Gasteiger partial charge on any atom is 0.252 e. The van der Waals surface area contributed by atoms with Gasteiger partial charge in [-0.2, -0.15) is 10.1 Å². The Labute approximate surface area is 163 Å². The molecule has 0 radical (unpaired) electrons. The summed E-state index contributed by atoms with van der Waals surface area (Å²) in [4.78, 5) is 11.3. The van der Waals surface area contributed by atoms with E-state index in [1.165, 1.54) is 24.1 Å². The van der Waals surface area contributed by atoms with Crippen molar-refractivity contribution in [2.75, 3.05) is 13.1 Å². The van der Waals surface area contributed by atoms with E-state index in [4.69, 9.17) is 4.42 Å². The highest BCUT2D eigenvalue weighted by Crippen LogP contribution is 2.28. The SMILES string of the molecule is Cc1cc(C2CCCN(Cc3ccc(-c4ccco4)cc3)C2)n2ncnc2n1. The van der Waals surface area contributed by atoms with Crippen molar-refractivity contribution in [3.63, 3.8) is 0 Å². The largest absolute Gasteiger partial charge is 0.464 e. The Morgan fingerprint density at radius 2 is 2.07 bits per heavy atom. The van der Waals surface area contributed by atoms with Gasteiger partial charge in [-0.25, -0.2) is 9.50 Å². The summed E-state index contributed by atoms with van der Waals surface area (Å²) in [5.41, 5.74) is 4.66. The summed E-state index contributed by atoms with van der Waals surface area (Å²) in [5, 5.41) is 4.39. The van der Waals surface area contributed by atoms with E-state index in [-0.39, 0.29) is 0 Å². The molecule has 6 heteroatoms. The van der Waals surface area contributed by atoms with Gasteiger partial charge in [0.2, 0.25) is 0 Å². The number of fused-ring (bicyclic) bond motifs is 1. The van der Waals surface area contributed by atoms with Gasteiger partial charge < -0.3 is 4.42 Å². The molecule has 1 saturated heterocycles. The van der Waals surface area contributed by atoms with Crippen molar-refractivity contribution in [1.82, 2.24) is 24.5 Å². The number of hydrogen-bond acceptors (Lipinski definition) is 5. The highest BCUT2D eigenvalue weighted by molar-refractivity contribution is 5.57. The van der Waals surface area contributed by atoms with Crippen LogP contribution in [0.2, 0.25) is 0 Å². The van der Waals surface area contributed by atoms with Crippen LogP contribution >= 0.6 is 0 Å². The Morgan fingerprint density at radius 1 is 1.18 bits per heavy atom. The van der Waals surface area contributed by atoms with Crippen LogP contribution in [0.1, 0.15) is 35.7 Å². The molecule has 142 valence electrons. The van der Waals surface area contributed by atoms with Crippen molar-refractivity contribution in [3.05, 3.63) is 72.0 Å². The van der Waals surface area contributed by atoms with Gasteiger partial charge >= 0.3 is 0 Å². The molecular formula is C22H23N5O. The first-order chi connectivity index (χ1) is 13.8. The molecule has 0 amide bonds. The second-order valence-electron chi connectivity index (χ2n) is 7.54. The van der Waals surface area contributed by atoms with Gasteiger partial charge in [0, 0.05) is 30.3 Å². The molecule has 1 aliphatic heterocycles. The molecule has 1 unspecified atom stereocenters. The number of rotatable bonds is 4. The third-order valence-electron chi connectivity index (χ3n) is 5.50. The van der Waals surface area contributed by atoms with Crippen LogP contribution in [-0.4, -0.2) is 37.6 Å². The van der Waals surface area contributed by atoms with E-state index in [0.29, 0.717) is 11.7 Å². The molecule has 4 aromatic rings. The fourth-order valence-corrected chi connectivity index (χ4v) is 4.17. The van der Waals surface area contributed by atoms with Gasteiger partial charge in [0.05, 0.1) is 12.0 Å². The molecule has 5 rings (SSSR count). The first-order valence-electron chi connectivity index (χ1n) is 9.79. The van der Waals surface area contributed by atoms with Gasteiger partial charge in [-0.3, -0.25) is 4.90 Å². The summed E-state index contributed by atoms with van der Waals surface area (Å²) in [6.07, 6.45) is 5.66. The Hall–Kier alpha value is -2.99. The average Bonchev–Trinajstić information content (AvgIpc) is 3.40. The monoisotopic (exact) mass is 373 g/mol. The number of aromatic nitrogens is 4. The second-order valence-corrected chi connectivity index (χ2v) is 7.54. The number of likely N-dealkylation sites (tertiary alicyclic amines) is 1. The lowest BCUT2D eigenvalue weighted by molar-refractivity contribution is 0.197. The normalized spacial score (nSPS) is 18.0. The van der Waals surface area contributed by atoms with Crippen molar-refractivity contribution < 1.29 is 4.42 Å². The summed E-state index contributed by atoms with van der Waals surface area (Å²) in [6.45, 7) is 5.14. The lowest BCUT2D eigenvalue weighted by atomic mass is 9.93. The smallest absolute Gasteiger partial charge is 0.252 e. The molecule has 1 fully saturated rings. The number of benzene rings is 1. The molecule has 0 bridgehead atoms. The Balaban J connectivity index is 1.32. The zero-order valence-corrected chi connectivity index (χ0v) is 16.0. The van der Waals surface area contributed by atoms with E-state index in [2.05, 4.69) is 50.3 Å². The van der Waals surface area contributed by atoms with Gasteiger partial charge in [-0.05, 0) is 50.1 Å². The van der Waals surface area contributed by atoms with Crippen molar-refractivity contribution in [1.29, 1.82) is 0 Å². The van der Waals surface area contributed by atoms with Crippen LogP contribution < -0.4 is 0 Å². The summed E-state index contributed by atoms with van der Waals surface area (Å²) in [6, 6.07) is 14.8. The predicted octanol–water partition coefficient (Wildman–Crippen LogP) is 4.07. The van der Waals surface area contributed by atoms with Crippen LogP contribution in [0.3, 0.4) is 0 Å². The minimum atomic E-state index is 0.446. The van der Waals surface area contributed by atoms with Crippen LogP contribution in [0, 0.1) is 6.92 Å². The van der Waals surface area contributed by atoms with E-state index in [1.807, 2.05) is 23.6 Å². The first kappa shape index (κ1) is 17.1. The van der Waals surface area contributed by atoms with Gasteiger partial charge in [-0.1, -0.05) is 24.3 Å². The molecular weight excluding hydrogens is 350 g/mol. The molecule has 1 aromatic carbocycles. The predicted molar refractivity (Wildman–Crippen MR) is 107 cm³/mol. The van der Waals surface area contributed by atoms with Gasteiger partial charge in [0.25, 0.3) is 5.78 Å². The standard InChI is InChI=1S/C22H23N5O/c1-16-12-20(27-22(25-16)23-15-24-27)19-4-2-10-26(14-19)13-17-6-8-18(9-7-17)21-5-3-11-28-21/h3,5-9,11-12,15,19H,2,4,10,13-14H2,1H3. The van der Waals surface area contributed by atoms with Gasteiger partial charge in [-0.15, -0.1) is 0 Å². The Kier molecular flexibility index (Phi) is 4.41. The van der Waals surface area contributed by atoms with Crippen LogP contribution in [0.4, 0.5) is 0 Å². The van der Waals surface area contributed by atoms with Crippen molar-refractivity contribution in [2.45, 2.75) is 32.2 Å². The second kappa shape index (κ2) is 7.20. The van der Waals surface area contributed by atoms with Gasteiger partial charge in [0.15, 0.2) is 0 Å². The van der Waals surface area contributed by atoms with E-state index < -0.39 is 0 Å². The van der Waals surface area contributed by atoms with Crippen LogP contribution in [0.15, 0.2) is 59.5 Å². The number of furan rings is 1. The molecule has 3 aromatic heterocycles. The minimum absolute atomic E-state index is 0.446. The molecule has 0 N–H and O–H groups in total. The molecule has 0 aliphatic carbocycles. The number of hydrogen-bond donors (Lipinski definition) is 0. The van der Waals surface area contributed by atoms with E-state index in [9.17, 15) is 0 Å². The summed E-state index contributed by atoms with van der Waals surface area (Å²) >= 11 is 0. The summed E-state index contributed by atoms with van der Waals surface area (Å²) < 4.78 is 7.38. The van der Waals surface area contributed by atoms with Crippen LogP contribution in [-0.2, 0) is 6.54 Å². The fraction of sp³-hybridized carbons (Fsp3) is 0.318. The van der Waals surface area contributed by atoms with E-state index >= 15 is 0 Å². The lowest BCUT2D eigenvalue weighted by Crippen LogP contribution is -2.34. The minimum Gasteiger partial charge on any atom is -0.464 e. The quantitative estimate of drug-likeness (QED) is 0.540. The third-order valence-corrected chi connectivity index (χ3v) is 5.50. The fourth-order valence-electron chi connectivity index (χ4n) is 4.17. The highest BCUT2D eigenvalue weighted by atomic mass is 16.3. The highest BCUT2D eigenvalue weighted by Gasteiger charge is 2.24. The van der Waals surface area contributed by atoms with Gasteiger partial charge in [0.1, 0.15) is 12.1 Å².